The number of ether oxygens (including phenoxy) is 1. The molecule has 6 nitrogen and oxygen atoms in total. The summed E-state index contributed by atoms with van der Waals surface area (Å²) in [5.41, 5.74) is 0.822. The van der Waals surface area contributed by atoms with Crippen molar-refractivity contribution in [2.75, 3.05) is 11.9 Å². The van der Waals surface area contributed by atoms with Crippen LogP contribution in [0.15, 0.2) is 42.5 Å². The van der Waals surface area contributed by atoms with E-state index in [0.29, 0.717) is 18.9 Å². The van der Waals surface area contributed by atoms with Crippen molar-refractivity contribution in [1.29, 1.82) is 0 Å². The molecule has 0 aliphatic heterocycles. The molecule has 1 amide bonds. The number of anilines is 1. The van der Waals surface area contributed by atoms with Gasteiger partial charge in [0.2, 0.25) is 5.91 Å². The number of halogens is 3. The minimum absolute atomic E-state index is 0.0552. The number of rotatable bonds is 7. The maximum Gasteiger partial charge on any atom is 0.416 e. The normalized spacial score (nSPS) is 11.4. The van der Waals surface area contributed by atoms with E-state index < -0.39 is 17.6 Å². The van der Waals surface area contributed by atoms with E-state index in [9.17, 15) is 18.0 Å². The van der Waals surface area contributed by atoms with Crippen LogP contribution in [0.1, 0.15) is 24.5 Å². The minimum Gasteiger partial charge on any atom is -0.491 e. The van der Waals surface area contributed by atoms with Gasteiger partial charge in [-0.1, -0.05) is 30.7 Å². The van der Waals surface area contributed by atoms with E-state index in [1.807, 2.05) is 38.1 Å². The molecule has 0 spiro atoms. The van der Waals surface area contributed by atoms with Crippen LogP contribution in [0.5, 0.6) is 5.75 Å². The zero-order valence-corrected chi connectivity index (χ0v) is 17.7. The van der Waals surface area contributed by atoms with Crippen LogP contribution in [-0.4, -0.2) is 27.3 Å². The molecular weight excluding hydrogens is 429 g/mol. The highest BCUT2D eigenvalue weighted by Crippen LogP contribution is 2.35. The smallest absolute Gasteiger partial charge is 0.416 e. The standard InChI is InChI=1S/C21H21F3N4O2S/c1-3-9-30-17-8-7-15(21(22,23)24)11-16(17)25-18(29)12-28-19(26-27-20(28)31)14-6-4-5-13(2)10-14/h4-8,10-11H,3,9,12H2,1-2H3,(H,25,29)(H,27,31). The quantitative estimate of drug-likeness (QED) is 0.475. The van der Waals surface area contributed by atoms with Gasteiger partial charge in [-0.05, 0) is 49.8 Å². The van der Waals surface area contributed by atoms with Crippen LogP contribution in [0.4, 0.5) is 18.9 Å². The van der Waals surface area contributed by atoms with E-state index in [2.05, 4.69) is 15.5 Å². The number of carbonyl (C=O) groups excluding carboxylic acids is 1. The average molecular weight is 450 g/mol. The molecule has 164 valence electrons. The van der Waals surface area contributed by atoms with Gasteiger partial charge in [-0.25, -0.2) is 0 Å². The van der Waals surface area contributed by atoms with Crippen molar-refractivity contribution in [1.82, 2.24) is 14.8 Å². The lowest BCUT2D eigenvalue weighted by Crippen LogP contribution is -2.20. The van der Waals surface area contributed by atoms with E-state index in [4.69, 9.17) is 17.0 Å². The Morgan fingerprint density at radius 2 is 2.03 bits per heavy atom. The zero-order valence-electron chi connectivity index (χ0n) is 16.9. The van der Waals surface area contributed by atoms with Crippen molar-refractivity contribution in [2.24, 2.45) is 0 Å². The monoisotopic (exact) mass is 450 g/mol. The second-order valence-electron chi connectivity index (χ2n) is 6.91. The van der Waals surface area contributed by atoms with Crippen LogP contribution in [0, 0.1) is 11.7 Å². The predicted octanol–water partition coefficient (Wildman–Crippen LogP) is 5.36. The summed E-state index contributed by atoms with van der Waals surface area (Å²) >= 11 is 5.23. The molecule has 0 bridgehead atoms. The van der Waals surface area contributed by atoms with Gasteiger partial charge in [-0.15, -0.1) is 0 Å². The van der Waals surface area contributed by atoms with Crippen LogP contribution < -0.4 is 10.1 Å². The number of aryl methyl sites for hydroxylation is 1. The Morgan fingerprint density at radius 1 is 1.26 bits per heavy atom. The van der Waals surface area contributed by atoms with Crippen LogP contribution in [0.2, 0.25) is 0 Å². The Balaban J connectivity index is 1.87. The summed E-state index contributed by atoms with van der Waals surface area (Å²) in [5, 5.41) is 9.35. The Labute approximate surface area is 182 Å². The topological polar surface area (TPSA) is 71.9 Å². The molecule has 2 aromatic carbocycles. The number of amides is 1. The molecule has 0 radical (unpaired) electrons. The molecule has 1 heterocycles. The van der Waals surface area contributed by atoms with Crippen molar-refractivity contribution in [3.63, 3.8) is 0 Å². The van der Waals surface area contributed by atoms with E-state index in [-0.39, 0.29) is 22.8 Å². The Hall–Kier alpha value is -3.14. The van der Waals surface area contributed by atoms with Crippen molar-refractivity contribution in [2.45, 2.75) is 33.0 Å². The first-order chi connectivity index (χ1) is 14.7. The molecule has 10 heteroatoms. The Kier molecular flexibility index (Phi) is 6.79. The number of aromatic amines is 1. The molecule has 0 atom stereocenters. The number of nitrogens with one attached hydrogen (secondary N) is 2. The van der Waals surface area contributed by atoms with E-state index in [1.165, 1.54) is 10.6 Å². The second-order valence-corrected chi connectivity index (χ2v) is 7.30. The summed E-state index contributed by atoms with van der Waals surface area (Å²) < 4.78 is 46.6. The van der Waals surface area contributed by atoms with Gasteiger partial charge in [0.1, 0.15) is 12.3 Å². The summed E-state index contributed by atoms with van der Waals surface area (Å²) in [6.45, 7) is 3.86. The van der Waals surface area contributed by atoms with Gasteiger partial charge in [-0.3, -0.25) is 14.5 Å². The Bertz CT molecular complexity index is 1140. The highest BCUT2D eigenvalue weighted by Gasteiger charge is 2.31. The van der Waals surface area contributed by atoms with Crippen LogP contribution in [0.3, 0.4) is 0 Å². The number of nitrogens with zero attached hydrogens (tertiary/aromatic N) is 2. The molecule has 0 aliphatic carbocycles. The van der Waals surface area contributed by atoms with Gasteiger partial charge >= 0.3 is 6.18 Å². The molecule has 31 heavy (non-hydrogen) atoms. The summed E-state index contributed by atoms with van der Waals surface area (Å²) in [6.07, 6.45) is -3.88. The fourth-order valence-electron chi connectivity index (χ4n) is 2.94. The SMILES string of the molecule is CCCOc1ccc(C(F)(F)F)cc1NC(=O)Cn1c(-c2cccc(C)c2)n[nH]c1=S. The molecule has 0 saturated heterocycles. The number of alkyl halides is 3. The molecule has 3 rings (SSSR count). The molecule has 0 unspecified atom stereocenters. The first-order valence-corrected chi connectivity index (χ1v) is 9.96. The zero-order chi connectivity index (χ0) is 22.6. The van der Waals surface area contributed by atoms with E-state index in [1.54, 1.807) is 0 Å². The summed E-state index contributed by atoms with van der Waals surface area (Å²) in [7, 11) is 0. The summed E-state index contributed by atoms with van der Waals surface area (Å²) in [4.78, 5) is 12.7. The first-order valence-electron chi connectivity index (χ1n) is 9.55. The lowest BCUT2D eigenvalue weighted by molar-refractivity contribution is -0.137. The third kappa shape index (κ3) is 5.52. The number of H-pyrrole nitrogens is 1. The third-order valence-corrected chi connectivity index (χ3v) is 4.69. The van der Waals surface area contributed by atoms with Gasteiger partial charge in [0.05, 0.1) is 17.9 Å². The molecule has 0 fully saturated rings. The lowest BCUT2D eigenvalue weighted by atomic mass is 10.1. The minimum atomic E-state index is -4.55. The summed E-state index contributed by atoms with van der Waals surface area (Å²) in [5.74, 6) is 0.0559. The highest BCUT2D eigenvalue weighted by molar-refractivity contribution is 7.71. The lowest BCUT2D eigenvalue weighted by Gasteiger charge is -2.15. The number of aromatic nitrogens is 3. The molecule has 3 aromatic rings. The number of hydrogen-bond acceptors (Lipinski definition) is 4. The maximum atomic E-state index is 13.1. The van der Waals surface area contributed by atoms with E-state index >= 15 is 0 Å². The van der Waals surface area contributed by atoms with E-state index in [0.717, 1.165) is 23.3 Å². The van der Waals surface area contributed by atoms with Crippen LogP contribution >= 0.6 is 12.2 Å². The first kappa shape index (κ1) is 22.5. The number of carbonyl (C=O) groups is 1. The molecule has 0 saturated carbocycles. The van der Waals surface area contributed by atoms with Crippen LogP contribution in [-0.2, 0) is 17.5 Å². The van der Waals surface area contributed by atoms with Crippen molar-refractivity contribution < 1.29 is 22.7 Å². The fraction of sp³-hybridized carbons (Fsp3) is 0.286. The molecule has 0 aliphatic rings. The van der Waals surface area contributed by atoms with Gasteiger partial charge < -0.3 is 10.1 Å². The highest BCUT2D eigenvalue weighted by atomic mass is 32.1. The fourth-order valence-corrected chi connectivity index (χ4v) is 3.14. The second kappa shape index (κ2) is 9.34. The third-order valence-electron chi connectivity index (χ3n) is 4.38. The molecule has 2 N–H and O–H groups in total. The van der Waals surface area contributed by atoms with Gasteiger partial charge in [0.25, 0.3) is 0 Å². The number of hydrogen-bond donors (Lipinski definition) is 2. The predicted molar refractivity (Wildman–Crippen MR) is 113 cm³/mol. The summed E-state index contributed by atoms with van der Waals surface area (Å²) in [6, 6.07) is 10.5. The Morgan fingerprint density at radius 3 is 2.71 bits per heavy atom. The van der Waals surface area contributed by atoms with Crippen molar-refractivity contribution in [3.8, 4) is 17.1 Å². The van der Waals surface area contributed by atoms with Gasteiger partial charge in [0, 0.05) is 5.56 Å². The maximum absolute atomic E-state index is 13.1. The molecular formula is C21H21F3N4O2S. The largest absolute Gasteiger partial charge is 0.491 e. The van der Waals surface area contributed by atoms with Crippen molar-refractivity contribution >= 4 is 23.8 Å². The van der Waals surface area contributed by atoms with Crippen molar-refractivity contribution in [3.05, 3.63) is 58.4 Å². The number of benzene rings is 2. The molecule has 1 aromatic heterocycles. The van der Waals surface area contributed by atoms with Gasteiger partial charge in [0.15, 0.2) is 10.6 Å². The average Bonchev–Trinajstić information content (AvgIpc) is 3.06. The van der Waals surface area contributed by atoms with Gasteiger partial charge in [-0.2, -0.15) is 18.3 Å². The van der Waals surface area contributed by atoms with Crippen LogP contribution in [0.25, 0.3) is 11.4 Å².